The molecule has 0 saturated heterocycles. The maximum atomic E-state index is 2.46. The number of hydrogen-bond acceptors (Lipinski definition) is 0. The van der Waals surface area contributed by atoms with Crippen LogP contribution in [0.3, 0.4) is 0 Å². The lowest BCUT2D eigenvalue weighted by Crippen LogP contribution is -1.91. The van der Waals surface area contributed by atoms with E-state index in [4.69, 9.17) is 0 Å². The third-order valence-corrected chi connectivity index (χ3v) is 11.6. The largest absolute Gasteiger partial charge is 0.0622 e. The van der Waals surface area contributed by atoms with Crippen LogP contribution in [0.4, 0.5) is 0 Å². The van der Waals surface area contributed by atoms with Crippen LogP contribution in [0.2, 0.25) is 0 Å². The highest BCUT2D eigenvalue weighted by molar-refractivity contribution is 6.24. The summed E-state index contributed by atoms with van der Waals surface area (Å²) in [7, 11) is 0. The zero-order valence-electron chi connectivity index (χ0n) is 30.8. The van der Waals surface area contributed by atoms with Crippen molar-refractivity contribution < 1.29 is 0 Å². The highest BCUT2D eigenvalue weighted by atomic mass is 14.2. The van der Waals surface area contributed by atoms with Gasteiger partial charge in [-0.3, -0.25) is 0 Å². The van der Waals surface area contributed by atoms with Crippen LogP contribution < -0.4 is 0 Å². The molecule has 0 unspecified atom stereocenters. The Balaban J connectivity index is 1.22. The summed E-state index contributed by atoms with van der Waals surface area (Å²) >= 11 is 0. The van der Waals surface area contributed by atoms with E-state index in [0.29, 0.717) is 0 Å². The van der Waals surface area contributed by atoms with E-state index in [0.717, 1.165) is 0 Å². The number of hydrogen-bond donors (Lipinski definition) is 0. The Kier molecular flexibility index (Phi) is 7.60. The van der Waals surface area contributed by atoms with Crippen molar-refractivity contribution in [2.24, 2.45) is 0 Å². The van der Waals surface area contributed by atoms with Crippen LogP contribution in [-0.4, -0.2) is 0 Å². The molecule has 11 aromatic carbocycles. The molecule has 260 valence electrons. The zero-order valence-corrected chi connectivity index (χ0v) is 30.8. The van der Waals surface area contributed by atoms with Crippen LogP contribution in [-0.2, 0) is 0 Å². The summed E-state index contributed by atoms with van der Waals surface area (Å²) in [5.41, 5.74) is 12.2. The van der Waals surface area contributed by atoms with E-state index in [1.807, 2.05) is 0 Å². The Hall–Kier alpha value is -7.28. The molecule has 11 aromatic rings. The molecular formula is C56H36. The van der Waals surface area contributed by atoms with Crippen LogP contribution in [0.5, 0.6) is 0 Å². The van der Waals surface area contributed by atoms with Gasteiger partial charge in [-0.05, 0) is 146 Å². The fraction of sp³-hybridized carbons (Fsp3) is 0. The molecule has 0 heteroatoms. The Morgan fingerprint density at radius 3 is 1.27 bits per heavy atom. The Labute approximate surface area is 326 Å². The first-order chi connectivity index (χ1) is 27.7. The summed E-state index contributed by atoms with van der Waals surface area (Å²) in [4.78, 5) is 0. The SMILES string of the molecule is c1ccc(-c2ccc3c(c2)c(-c2cccc(-c4cccc5ccccc45)c2)cc2c4ccc(-c5ccccc5)cc4c(-c4ccc5ccccc5c4)cc32)cc1. The first kappa shape index (κ1) is 32.2. The van der Waals surface area contributed by atoms with Gasteiger partial charge in [-0.1, -0.05) is 182 Å². The van der Waals surface area contributed by atoms with E-state index in [2.05, 4.69) is 218 Å². The van der Waals surface area contributed by atoms with Crippen molar-refractivity contribution in [3.63, 3.8) is 0 Å². The molecule has 56 heavy (non-hydrogen) atoms. The first-order valence-corrected chi connectivity index (χ1v) is 19.4. The Bertz CT molecular complexity index is 3280. The Morgan fingerprint density at radius 2 is 0.625 bits per heavy atom. The fourth-order valence-electron chi connectivity index (χ4n) is 8.84. The second kappa shape index (κ2) is 13.2. The summed E-state index contributed by atoms with van der Waals surface area (Å²) in [6.07, 6.45) is 0. The van der Waals surface area contributed by atoms with E-state index in [1.54, 1.807) is 0 Å². The summed E-state index contributed by atoms with van der Waals surface area (Å²) in [6.45, 7) is 0. The minimum atomic E-state index is 1.21. The van der Waals surface area contributed by atoms with Crippen LogP contribution in [0.25, 0.3) is 109 Å². The number of fused-ring (bicyclic) bond motifs is 7. The van der Waals surface area contributed by atoms with Crippen molar-refractivity contribution >= 4 is 53.9 Å². The van der Waals surface area contributed by atoms with Gasteiger partial charge < -0.3 is 0 Å². The van der Waals surface area contributed by atoms with Crippen molar-refractivity contribution in [2.45, 2.75) is 0 Å². The van der Waals surface area contributed by atoms with Crippen LogP contribution >= 0.6 is 0 Å². The lowest BCUT2D eigenvalue weighted by atomic mass is 9.85. The lowest BCUT2D eigenvalue weighted by molar-refractivity contribution is 1.62. The molecule has 0 nitrogen and oxygen atoms in total. The monoisotopic (exact) mass is 708 g/mol. The molecule has 0 aliphatic heterocycles. The quantitative estimate of drug-likeness (QED) is 0.156. The molecule has 0 bridgehead atoms. The molecule has 0 saturated carbocycles. The van der Waals surface area contributed by atoms with Crippen molar-refractivity contribution in [1.82, 2.24) is 0 Å². The van der Waals surface area contributed by atoms with Gasteiger partial charge in [0.2, 0.25) is 0 Å². The summed E-state index contributed by atoms with van der Waals surface area (Å²) in [5, 5.41) is 12.5. The van der Waals surface area contributed by atoms with E-state index < -0.39 is 0 Å². The second-order valence-electron chi connectivity index (χ2n) is 14.9. The van der Waals surface area contributed by atoms with Crippen LogP contribution in [0.15, 0.2) is 218 Å². The van der Waals surface area contributed by atoms with Gasteiger partial charge in [0.1, 0.15) is 0 Å². The average Bonchev–Trinajstić information content (AvgIpc) is 3.28. The number of rotatable bonds is 5. The zero-order chi connectivity index (χ0) is 37.0. The van der Waals surface area contributed by atoms with Crippen LogP contribution in [0, 0.1) is 0 Å². The van der Waals surface area contributed by atoms with E-state index >= 15 is 0 Å². The van der Waals surface area contributed by atoms with Gasteiger partial charge in [-0.15, -0.1) is 0 Å². The summed E-state index contributed by atoms with van der Waals surface area (Å²) in [5.74, 6) is 0. The molecule has 0 aliphatic carbocycles. The molecule has 0 radical (unpaired) electrons. The molecule has 0 N–H and O–H groups in total. The lowest BCUT2D eigenvalue weighted by Gasteiger charge is -2.18. The van der Waals surface area contributed by atoms with Gasteiger partial charge in [-0.25, -0.2) is 0 Å². The smallest absolute Gasteiger partial charge is 0.00923 e. The van der Waals surface area contributed by atoms with Crippen LogP contribution in [0.1, 0.15) is 0 Å². The molecule has 0 aliphatic rings. The molecule has 0 heterocycles. The highest BCUT2D eigenvalue weighted by Gasteiger charge is 2.17. The highest BCUT2D eigenvalue weighted by Crippen LogP contribution is 2.45. The molecule has 0 fully saturated rings. The molecule has 0 atom stereocenters. The minimum absolute atomic E-state index is 1.21. The second-order valence-corrected chi connectivity index (χ2v) is 14.9. The third-order valence-electron chi connectivity index (χ3n) is 11.6. The normalized spacial score (nSPS) is 11.6. The van der Waals surface area contributed by atoms with Gasteiger partial charge >= 0.3 is 0 Å². The van der Waals surface area contributed by atoms with Crippen molar-refractivity contribution in [1.29, 1.82) is 0 Å². The Morgan fingerprint density at radius 1 is 0.161 bits per heavy atom. The minimum Gasteiger partial charge on any atom is -0.0622 e. The molecule has 0 aromatic heterocycles. The van der Waals surface area contributed by atoms with E-state index in [9.17, 15) is 0 Å². The van der Waals surface area contributed by atoms with E-state index in [1.165, 1.54) is 109 Å². The number of benzene rings is 11. The van der Waals surface area contributed by atoms with Crippen molar-refractivity contribution in [3.05, 3.63) is 218 Å². The topological polar surface area (TPSA) is 0 Å². The molecule has 0 amide bonds. The standard InChI is InChI=1S/C56H36/c1-3-13-37(14-4-1)42-27-29-49-53(33-42)51(45-22-11-21-44(32-45)48-24-12-20-40-18-9-10-23-47(40)48)35-55-50-30-28-43(38-15-5-2-6-16-38)34-54(50)52(36-56(49)55)46-26-25-39-17-7-8-19-41(39)31-46/h1-36H. The maximum Gasteiger partial charge on any atom is -0.00923 e. The predicted molar refractivity (Wildman–Crippen MR) is 241 cm³/mol. The van der Waals surface area contributed by atoms with Crippen molar-refractivity contribution in [3.8, 4) is 55.6 Å². The molecular weight excluding hydrogens is 673 g/mol. The molecule has 0 spiro atoms. The molecule has 11 rings (SSSR count). The van der Waals surface area contributed by atoms with Gasteiger partial charge in [0.05, 0.1) is 0 Å². The fourth-order valence-corrected chi connectivity index (χ4v) is 8.84. The average molecular weight is 709 g/mol. The predicted octanol–water partition coefficient (Wildman–Crippen LogP) is 15.8. The van der Waals surface area contributed by atoms with Gasteiger partial charge in [-0.2, -0.15) is 0 Å². The van der Waals surface area contributed by atoms with Gasteiger partial charge in [0, 0.05) is 0 Å². The summed E-state index contributed by atoms with van der Waals surface area (Å²) in [6, 6.07) is 80.5. The van der Waals surface area contributed by atoms with E-state index in [-0.39, 0.29) is 0 Å². The van der Waals surface area contributed by atoms with Gasteiger partial charge in [0.25, 0.3) is 0 Å². The van der Waals surface area contributed by atoms with Gasteiger partial charge in [0.15, 0.2) is 0 Å². The third kappa shape index (κ3) is 5.46. The van der Waals surface area contributed by atoms with Crippen molar-refractivity contribution in [2.75, 3.05) is 0 Å². The summed E-state index contributed by atoms with van der Waals surface area (Å²) < 4.78 is 0. The maximum absolute atomic E-state index is 2.46. The first-order valence-electron chi connectivity index (χ1n) is 19.4.